The van der Waals surface area contributed by atoms with Gasteiger partial charge >= 0.3 is 0 Å². The van der Waals surface area contributed by atoms with Crippen molar-refractivity contribution in [2.75, 3.05) is 0 Å². The molecule has 0 radical (unpaired) electrons. The second kappa shape index (κ2) is 4.67. The monoisotopic (exact) mass is 240 g/mol. The standard InChI is InChI=1S/C11H20N4S/c1-9-5-4-6-10(2)14(9)8-15-11(16)13(3)7-12-15/h7,9-10H,4-6,8H2,1-3H3/t9-,10-/m0/s1. The molecule has 1 aliphatic heterocycles. The van der Waals surface area contributed by atoms with E-state index in [1.807, 2.05) is 16.3 Å². The van der Waals surface area contributed by atoms with Crippen LogP contribution >= 0.6 is 12.2 Å². The average molecular weight is 240 g/mol. The number of hydrogen-bond acceptors (Lipinski definition) is 3. The number of aromatic nitrogens is 3. The fraction of sp³-hybridized carbons (Fsp3) is 0.818. The van der Waals surface area contributed by atoms with Crippen LogP contribution in [-0.4, -0.2) is 31.3 Å². The number of piperidine rings is 1. The van der Waals surface area contributed by atoms with E-state index in [2.05, 4.69) is 23.8 Å². The third-order valence-corrected chi connectivity index (χ3v) is 4.06. The predicted octanol–water partition coefficient (Wildman–Crippen LogP) is 2.17. The molecule has 1 aromatic heterocycles. The molecule has 2 atom stereocenters. The van der Waals surface area contributed by atoms with Crippen molar-refractivity contribution in [1.29, 1.82) is 0 Å². The third-order valence-electron chi connectivity index (χ3n) is 3.56. The normalized spacial score (nSPS) is 27.2. The second-order valence-electron chi connectivity index (χ2n) is 4.81. The quantitative estimate of drug-likeness (QED) is 0.741. The van der Waals surface area contributed by atoms with E-state index in [1.54, 1.807) is 6.33 Å². The molecule has 16 heavy (non-hydrogen) atoms. The molecule has 2 heterocycles. The minimum absolute atomic E-state index is 0.632. The summed E-state index contributed by atoms with van der Waals surface area (Å²) in [6.07, 6.45) is 5.68. The van der Waals surface area contributed by atoms with Crippen molar-refractivity contribution in [3.05, 3.63) is 11.1 Å². The van der Waals surface area contributed by atoms with E-state index in [-0.39, 0.29) is 0 Å². The molecule has 5 heteroatoms. The van der Waals surface area contributed by atoms with Crippen molar-refractivity contribution in [3.63, 3.8) is 0 Å². The van der Waals surface area contributed by atoms with Crippen LogP contribution in [0.2, 0.25) is 0 Å². The van der Waals surface area contributed by atoms with Crippen LogP contribution in [0, 0.1) is 4.77 Å². The molecular weight excluding hydrogens is 220 g/mol. The number of hydrogen-bond donors (Lipinski definition) is 0. The highest BCUT2D eigenvalue weighted by atomic mass is 32.1. The molecule has 90 valence electrons. The first kappa shape index (κ1) is 11.8. The minimum atomic E-state index is 0.632. The van der Waals surface area contributed by atoms with E-state index < -0.39 is 0 Å². The van der Waals surface area contributed by atoms with Gasteiger partial charge in [0.1, 0.15) is 6.33 Å². The molecule has 0 aromatic carbocycles. The Hall–Kier alpha value is -0.680. The first-order valence-corrected chi connectivity index (χ1v) is 6.34. The summed E-state index contributed by atoms with van der Waals surface area (Å²) in [6, 6.07) is 1.26. The van der Waals surface area contributed by atoms with Gasteiger partial charge in [-0.25, -0.2) is 4.68 Å². The maximum atomic E-state index is 5.31. The average Bonchev–Trinajstić information content (AvgIpc) is 2.55. The van der Waals surface area contributed by atoms with Crippen LogP contribution in [0.5, 0.6) is 0 Å². The summed E-state index contributed by atoms with van der Waals surface area (Å²) < 4.78 is 4.59. The summed E-state index contributed by atoms with van der Waals surface area (Å²) in [5.41, 5.74) is 0. The molecule has 2 rings (SSSR count). The van der Waals surface area contributed by atoms with Gasteiger partial charge in [0, 0.05) is 19.1 Å². The zero-order valence-electron chi connectivity index (χ0n) is 10.3. The zero-order valence-corrected chi connectivity index (χ0v) is 11.1. The van der Waals surface area contributed by atoms with Gasteiger partial charge in [-0.05, 0) is 38.9 Å². The lowest BCUT2D eigenvalue weighted by Crippen LogP contribution is -2.44. The largest absolute Gasteiger partial charge is 0.310 e. The maximum absolute atomic E-state index is 5.31. The number of nitrogens with zero attached hydrogens (tertiary/aromatic N) is 4. The highest BCUT2D eigenvalue weighted by Gasteiger charge is 2.25. The van der Waals surface area contributed by atoms with Gasteiger partial charge in [-0.2, -0.15) is 5.10 Å². The van der Waals surface area contributed by atoms with E-state index >= 15 is 0 Å². The van der Waals surface area contributed by atoms with Crippen LogP contribution in [0.4, 0.5) is 0 Å². The Balaban J connectivity index is 2.14. The van der Waals surface area contributed by atoms with Gasteiger partial charge in [-0.15, -0.1) is 0 Å². The molecule has 1 aromatic rings. The number of aryl methyl sites for hydroxylation is 1. The van der Waals surface area contributed by atoms with Crippen molar-refractivity contribution in [2.45, 2.75) is 51.9 Å². The molecule has 1 fully saturated rings. The van der Waals surface area contributed by atoms with Crippen LogP contribution in [0.25, 0.3) is 0 Å². The van der Waals surface area contributed by atoms with E-state index in [0.29, 0.717) is 12.1 Å². The van der Waals surface area contributed by atoms with Gasteiger partial charge in [-0.1, -0.05) is 6.42 Å². The lowest BCUT2D eigenvalue weighted by molar-refractivity contribution is 0.0634. The lowest BCUT2D eigenvalue weighted by atomic mass is 9.98. The van der Waals surface area contributed by atoms with E-state index in [1.165, 1.54) is 19.3 Å². The number of likely N-dealkylation sites (tertiary alicyclic amines) is 1. The SMILES string of the molecule is C[C@H]1CCC[C@H](C)N1Cn1ncn(C)c1=S. The van der Waals surface area contributed by atoms with Crippen LogP contribution in [0.1, 0.15) is 33.1 Å². The van der Waals surface area contributed by atoms with Gasteiger partial charge in [0.2, 0.25) is 0 Å². The fourth-order valence-corrected chi connectivity index (χ4v) is 2.58. The fourth-order valence-electron chi connectivity index (χ4n) is 2.43. The molecule has 0 bridgehead atoms. The smallest absolute Gasteiger partial charge is 0.198 e. The van der Waals surface area contributed by atoms with E-state index in [9.17, 15) is 0 Å². The van der Waals surface area contributed by atoms with Gasteiger partial charge in [0.15, 0.2) is 4.77 Å². The van der Waals surface area contributed by atoms with Gasteiger partial charge in [0.25, 0.3) is 0 Å². The Morgan fingerprint density at radius 2 is 2.00 bits per heavy atom. The third kappa shape index (κ3) is 2.20. The van der Waals surface area contributed by atoms with Crippen molar-refractivity contribution >= 4 is 12.2 Å². The molecule has 0 amide bonds. The van der Waals surface area contributed by atoms with Crippen LogP contribution in [0.15, 0.2) is 6.33 Å². The highest BCUT2D eigenvalue weighted by Crippen LogP contribution is 2.22. The summed E-state index contributed by atoms with van der Waals surface area (Å²) in [6.45, 7) is 5.41. The minimum Gasteiger partial charge on any atom is -0.310 e. The molecule has 0 spiro atoms. The Labute approximate surface area is 102 Å². The van der Waals surface area contributed by atoms with Crippen molar-refractivity contribution in [2.24, 2.45) is 7.05 Å². The highest BCUT2D eigenvalue weighted by molar-refractivity contribution is 7.71. The molecule has 1 saturated heterocycles. The Morgan fingerprint density at radius 3 is 2.50 bits per heavy atom. The van der Waals surface area contributed by atoms with Gasteiger partial charge in [0.05, 0.1) is 6.67 Å². The lowest BCUT2D eigenvalue weighted by Gasteiger charge is -2.38. The van der Waals surface area contributed by atoms with Crippen molar-refractivity contribution < 1.29 is 0 Å². The van der Waals surface area contributed by atoms with Gasteiger partial charge < -0.3 is 4.57 Å². The number of rotatable bonds is 2. The second-order valence-corrected chi connectivity index (χ2v) is 5.17. The van der Waals surface area contributed by atoms with Crippen molar-refractivity contribution in [1.82, 2.24) is 19.2 Å². The van der Waals surface area contributed by atoms with Crippen LogP contribution in [-0.2, 0) is 13.7 Å². The predicted molar refractivity (Wildman–Crippen MR) is 66.6 cm³/mol. The zero-order chi connectivity index (χ0) is 11.7. The van der Waals surface area contributed by atoms with Crippen LogP contribution < -0.4 is 0 Å². The topological polar surface area (TPSA) is 26.0 Å². The maximum Gasteiger partial charge on any atom is 0.198 e. The summed E-state index contributed by atoms with van der Waals surface area (Å²) in [5.74, 6) is 0. The van der Waals surface area contributed by atoms with Crippen molar-refractivity contribution in [3.8, 4) is 0 Å². The first-order valence-electron chi connectivity index (χ1n) is 5.93. The van der Waals surface area contributed by atoms with Gasteiger partial charge in [-0.3, -0.25) is 4.90 Å². The van der Waals surface area contributed by atoms with E-state index in [0.717, 1.165) is 11.4 Å². The molecule has 0 aliphatic carbocycles. The molecule has 0 saturated carbocycles. The summed E-state index contributed by atoms with van der Waals surface area (Å²) in [7, 11) is 1.94. The molecular formula is C11H20N4S. The summed E-state index contributed by atoms with van der Waals surface area (Å²) >= 11 is 5.31. The molecule has 0 unspecified atom stereocenters. The molecule has 1 aliphatic rings. The summed E-state index contributed by atoms with van der Waals surface area (Å²) in [4.78, 5) is 2.49. The van der Waals surface area contributed by atoms with Crippen LogP contribution in [0.3, 0.4) is 0 Å². The molecule has 0 N–H and O–H groups in total. The Bertz CT molecular complexity index is 398. The first-order chi connectivity index (χ1) is 7.59. The Morgan fingerprint density at radius 1 is 1.38 bits per heavy atom. The van der Waals surface area contributed by atoms with E-state index in [4.69, 9.17) is 12.2 Å². The Kier molecular flexibility index (Phi) is 3.44. The summed E-state index contributed by atoms with van der Waals surface area (Å²) in [5, 5.41) is 4.31. The molecule has 4 nitrogen and oxygen atoms in total.